The van der Waals surface area contributed by atoms with Crippen LogP contribution in [-0.2, 0) is 4.79 Å². The van der Waals surface area contributed by atoms with Crippen LogP contribution in [0.4, 0.5) is 11.4 Å². The zero-order valence-corrected chi connectivity index (χ0v) is 15.4. The van der Waals surface area contributed by atoms with Crippen LogP contribution in [-0.4, -0.2) is 15.9 Å². The van der Waals surface area contributed by atoms with Gasteiger partial charge in [0.1, 0.15) is 28.9 Å². The smallest absolute Gasteiger partial charge is 0.270 e. The van der Waals surface area contributed by atoms with Gasteiger partial charge in [-0.2, -0.15) is 5.26 Å². The van der Waals surface area contributed by atoms with Gasteiger partial charge in [-0.25, -0.2) is 0 Å². The highest BCUT2D eigenvalue weighted by molar-refractivity contribution is 6.33. The van der Waals surface area contributed by atoms with Gasteiger partial charge in [-0.05, 0) is 30.3 Å². The van der Waals surface area contributed by atoms with Gasteiger partial charge in [-0.1, -0.05) is 23.7 Å². The fraction of sp³-hybridized carbons (Fsp3) is 0. The van der Waals surface area contributed by atoms with Gasteiger partial charge in [0.2, 0.25) is 0 Å². The second kappa shape index (κ2) is 8.29. The Morgan fingerprint density at radius 2 is 2.00 bits per heavy atom. The van der Waals surface area contributed by atoms with Crippen molar-refractivity contribution in [3.05, 3.63) is 81.1 Å². The lowest BCUT2D eigenvalue weighted by Crippen LogP contribution is -2.13. The number of halogens is 1. The van der Waals surface area contributed by atoms with Crippen molar-refractivity contribution in [2.24, 2.45) is 0 Å². The Morgan fingerprint density at radius 1 is 1.24 bits per heavy atom. The molecular weight excluding hydrogens is 398 g/mol. The third-order valence-electron chi connectivity index (χ3n) is 3.86. The van der Waals surface area contributed by atoms with Crippen LogP contribution in [0.3, 0.4) is 0 Å². The number of non-ortho nitro benzene ring substituents is 1. The summed E-state index contributed by atoms with van der Waals surface area (Å²) in [6, 6.07) is 14.9. The highest BCUT2D eigenvalue weighted by Gasteiger charge is 2.15. The Morgan fingerprint density at radius 3 is 2.66 bits per heavy atom. The van der Waals surface area contributed by atoms with Crippen LogP contribution >= 0.6 is 11.6 Å². The van der Waals surface area contributed by atoms with Gasteiger partial charge < -0.3 is 14.8 Å². The van der Waals surface area contributed by atoms with Gasteiger partial charge in [-0.15, -0.1) is 0 Å². The molecule has 8 nitrogen and oxygen atoms in total. The summed E-state index contributed by atoms with van der Waals surface area (Å²) >= 11 is 6.09. The average molecular weight is 410 g/mol. The summed E-state index contributed by atoms with van der Waals surface area (Å²) in [5.41, 5.74) is 0.188. The van der Waals surface area contributed by atoms with Crippen molar-refractivity contribution in [1.82, 2.24) is 0 Å². The van der Waals surface area contributed by atoms with E-state index in [0.29, 0.717) is 11.3 Å². The first kappa shape index (κ1) is 19.7. The Labute approximate surface area is 169 Å². The standard InChI is InChI=1S/C20H12ClN3O5/c21-16-10-13(24(27)28)5-7-15(16)19-8-6-14(29-19)9-12(11-22)20(26)23-17-3-1-2-4-18(17)25/h1-10,25H,(H,23,26)/b12-9+. The number of amides is 1. The van der Waals surface area contributed by atoms with Crippen molar-refractivity contribution in [2.75, 3.05) is 5.32 Å². The molecule has 0 saturated heterocycles. The number of nitrogens with one attached hydrogen (secondary N) is 1. The maximum absolute atomic E-state index is 12.3. The number of anilines is 1. The molecule has 0 saturated carbocycles. The van der Waals surface area contributed by atoms with E-state index in [0.717, 1.165) is 0 Å². The van der Waals surface area contributed by atoms with Crippen molar-refractivity contribution >= 4 is 35.0 Å². The highest BCUT2D eigenvalue weighted by Crippen LogP contribution is 2.32. The fourth-order valence-corrected chi connectivity index (χ4v) is 2.72. The van der Waals surface area contributed by atoms with E-state index in [2.05, 4.69) is 5.32 Å². The number of nitro benzene ring substituents is 1. The van der Waals surface area contributed by atoms with Crippen LogP contribution in [0.1, 0.15) is 5.76 Å². The van der Waals surface area contributed by atoms with Gasteiger partial charge >= 0.3 is 0 Å². The number of phenols is 1. The van der Waals surface area contributed by atoms with E-state index < -0.39 is 10.8 Å². The number of carbonyl (C=O) groups is 1. The Balaban J connectivity index is 1.84. The normalized spacial score (nSPS) is 11.0. The quantitative estimate of drug-likeness (QED) is 0.205. The minimum Gasteiger partial charge on any atom is -0.506 e. The Bertz CT molecular complexity index is 1180. The second-order valence-corrected chi connectivity index (χ2v) is 6.17. The van der Waals surface area contributed by atoms with E-state index in [9.17, 15) is 25.3 Å². The lowest BCUT2D eigenvalue weighted by atomic mass is 10.1. The molecule has 3 rings (SSSR count). The number of carbonyl (C=O) groups excluding carboxylic acids is 1. The van der Waals surface area contributed by atoms with Crippen molar-refractivity contribution in [2.45, 2.75) is 0 Å². The molecule has 2 aromatic carbocycles. The van der Waals surface area contributed by atoms with Gasteiger partial charge in [0.25, 0.3) is 11.6 Å². The molecule has 0 radical (unpaired) electrons. The van der Waals surface area contributed by atoms with Crippen LogP contribution in [0.2, 0.25) is 5.02 Å². The molecule has 0 bridgehead atoms. The number of benzene rings is 2. The fourth-order valence-electron chi connectivity index (χ4n) is 2.45. The Kier molecular flexibility index (Phi) is 5.62. The minimum atomic E-state index is -0.722. The first-order chi connectivity index (χ1) is 13.9. The molecule has 2 N–H and O–H groups in total. The summed E-state index contributed by atoms with van der Waals surface area (Å²) in [5, 5.41) is 32.4. The number of rotatable bonds is 5. The summed E-state index contributed by atoms with van der Waals surface area (Å²) in [7, 11) is 0. The van der Waals surface area contributed by atoms with Crippen LogP contribution in [0.25, 0.3) is 17.4 Å². The largest absolute Gasteiger partial charge is 0.506 e. The van der Waals surface area contributed by atoms with E-state index in [1.807, 2.05) is 0 Å². The third kappa shape index (κ3) is 4.43. The highest BCUT2D eigenvalue weighted by atomic mass is 35.5. The molecule has 0 atom stereocenters. The number of nitro groups is 1. The zero-order chi connectivity index (χ0) is 21.0. The van der Waals surface area contributed by atoms with Crippen molar-refractivity contribution < 1.29 is 19.2 Å². The Hall–Kier alpha value is -4.09. The molecule has 9 heteroatoms. The maximum atomic E-state index is 12.3. The second-order valence-electron chi connectivity index (χ2n) is 5.76. The summed E-state index contributed by atoms with van der Waals surface area (Å²) < 4.78 is 5.60. The van der Waals surface area contributed by atoms with Crippen LogP contribution in [0.15, 0.2) is 64.6 Å². The predicted molar refractivity (Wildman–Crippen MR) is 106 cm³/mol. The van der Waals surface area contributed by atoms with Gasteiger partial charge in [-0.3, -0.25) is 14.9 Å². The average Bonchev–Trinajstić information content (AvgIpc) is 3.16. The number of nitriles is 1. The third-order valence-corrected chi connectivity index (χ3v) is 4.17. The molecule has 0 aliphatic carbocycles. The number of para-hydroxylation sites is 2. The lowest BCUT2D eigenvalue weighted by Gasteiger charge is -2.05. The van der Waals surface area contributed by atoms with E-state index in [4.69, 9.17) is 16.0 Å². The van der Waals surface area contributed by atoms with E-state index >= 15 is 0 Å². The summed E-state index contributed by atoms with van der Waals surface area (Å²) in [6.07, 6.45) is 1.23. The molecule has 1 aromatic heterocycles. The summed E-state index contributed by atoms with van der Waals surface area (Å²) in [5.74, 6) is -0.334. The molecule has 29 heavy (non-hydrogen) atoms. The molecule has 0 aliphatic heterocycles. The lowest BCUT2D eigenvalue weighted by molar-refractivity contribution is -0.384. The van der Waals surface area contributed by atoms with Gasteiger partial charge in [0.15, 0.2) is 0 Å². The number of phenolic OH excluding ortho intramolecular Hbond substituents is 1. The molecule has 3 aromatic rings. The van der Waals surface area contributed by atoms with Crippen LogP contribution < -0.4 is 5.32 Å². The number of hydrogen-bond acceptors (Lipinski definition) is 6. The van der Waals surface area contributed by atoms with Crippen molar-refractivity contribution in [1.29, 1.82) is 5.26 Å². The molecule has 0 spiro atoms. The minimum absolute atomic E-state index is 0.127. The number of nitrogens with zero attached hydrogens (tertiary/aromatic N) is 2. The first-order valence-electron chi connectivity index (χ1n) is 8.14. The van der Waals surface area contributed by atoms with E-state index in [1.54, 1.807) is 24.3 Å². The number of furan rings is 1. The predicted octanol–water partition coefficient (Wildman–Crippen LogP) is 4.76. The van der Waals surface area contributed by atoms with E-state index in [1.165, 1.54) is 42.5 Å². The molecule has 0 fully saturated rings. The first-order valence-corrected chi connectivity index (χ1v) is 8.52. The zero-order valence-electron chi connectivity index (χ0n) is 14.6. The SMILES string of the molecule is N#C/C(=C\c1ccc(-c2ccc([N+](=O)[O-])cc2Cl)o1)C(=O)Nc1ccccc1O. The van der Waals surface area contributed by atoms with Crippen molar-refractivity contribution in [3.8, 4) is 23.1 Å². The van der Waals surface area contributed by atoms with Crippen LogP contribution in [0, 0.1) is 21.4 Å². The molecule has 1 amide bonds. The molecular formula is C20H12ClN3O5. The maximum Gasteiger partial charge on any atom is 0.270 e. The van der Waals surface area contributed by atoms with Crippen LogP contribution in [0.5, 0.6) is 5.75 Å². The molecule has 0 unspecified atom stereocenters. The topological polar surface area (TPSA) is 129 Å². The summed E-state index contributed by atoms with van der Waals surface area (Å²) in [4.78, 5) is 22.5. The van der Waals surface area contributed by atoms with Gasteiger partial charge in [0, 0.05) is 23.8 Å². The van der Waals surface area contributed by atoms with Gasteiger partial charge in [0.05, 0.1) is 15.6 Å². The summed E-state index contributed by atoms with van der Waals surface area (Å²) in [6.45, 7) is 0. The molecule has 1 heterocycles. The van der Waals surface area contributed by atoms with Crippen molar-refractivity contribution in [3.63, 3.8) is 0 Å². The van der Waals surface area contributed by atoms with E-state index in [-0.39, 0.29) is 33.5 Å². The molecule has 0 aliphatic rings. The number of aromatic hydroxyl groups is 1. The molecule has 144 valence electrons. The monoisotopic (exact) mass is 409 g/mol. The number of hydrogen-bond donors (Lipinski definition) is 2.